The van der Waals surface area contributed by atoms with Gasteiger partial charge in [0.05, 0.1) is 26.4 Å². The van der Waals surface area contributed by atoms with Gasteiger partial charge in [-0.3, -0.25) is 37.3 Å². The number of hydrogen-bond acceptors (Lipinski definition) is 15. The van der Waals surface area contributed by atoms with Crippen molar-refractivity contribution in [2.45, 2.75) is 432 Å². The summed E-state index contributed by atoms with van der Waals surface area (Å²) in [4.78, 5) is 72.9. The van der Waals surface area contributed by atoms with Gasteiger partial charge in [0.15, 0.2) is 12.2 Å². The minimum Gasteiger partial charge on any atom is -0.462 e. The van der Waals surface area contributed by atoms with Crippen molar-refractivity contribution in [1.82, 2.24) is 0 Å². The number of carbonyl (C=O) groups excluding carboxylic acids is 4. The summed E-state index contributed by atoms with van der Waals surface area (Å²) in [7, 11) is -9.91. The van der Waals surface area contributed by atoms with Crippen molar-refractivity contribution in [2.24, 2.45) is 11.8 Å². The summed E-state index contributed by atoms with van der Waals surface area (Å²) < 4.78 is 68.6. The average Bonchev–Trinajstić information content (AvgIpc) is 0.934. The Bertz CT molecular complexity index is 1890. The fraction of sp³-hybridized carbons (Fsp3) is 0.949. The van der Waals surface area contributed by atoms with Crippen molar-refractivity contribution in [3.05, 3.63) is 0 Å². The largest absolute Gasteiger partial charge is 0.472 e. The number of phosphoric ester groups is 2. The summed E-state index contributed by atoms with van der Waals surface area (Å²) in [6.45, 7) is 9.68. The van der Waals surface area contributed by atoms with Crippen molar-refractivity contribution >= 4 is 39.5 Å². The molecule has 0 aromatic carbocycles. The van der Waals surface area contributed by atoms with Crippen molar-refractivity contribution in [1.29, 1.82) is 0 Å². The number of aliphatic hydroxyl groups is 1. The topological polar surface area (TPSA) is 237 Å². The van der Waals surface area contributed by atoms with Gasteiger partial charge in [-0.15, -0.1) is 0 Å². The van der Waals surface area contributed by atoms with Crippen LogP contribution in [0.1, 0.15) is 414 Å². The molecule has 0 saturated carbocycles. The summed E-state index contributed by atoms with van der Waals surface area (Å²) in [6, 6.07) is 0. The van der Waals surface area contributed by atoms with E-state index in [1.54, 1.807) is 0 Å². The molecule has 3 unspecified atom stereocenters. The SMILES string of the molecule is CCCCCCCCCCCCCCC(=O)O[C@H](COC(=O)CCCCCCCCCCCC)COP(=O)(O)OC[C@H](O)COP(=O)(O)OC[C@@H](COC(=O)CCCCCCCCCCCCCC(C)C)OC(=O)CCCCCCCCCCCCCCCCCCCCC(C)CC. The highest BCUT2D eigenvalue weighted by Crippen LogP contribution is 2.45. The van der Waals surface area contributed by atoms with Gasteiger partial charge in [0.2, 0.25) is 0 Å². The van der Waals surface area contributed by atoms with E-state index in [0.717, 1.165) is 102 Å². The van der Waals surface area contributed by atoms with Crippen LogP contribution in [0.2, 0.25) is 0 Å². The van der Waals surface area contributed by atoms with Crippen LogP contribution >= 0.6 is 15.6 Å². The predicted octanol–water partition coefficient (Wildman–Crippen LogP) is 23.5. The molecule has 0 aliphatic rings. The van der Waals surface area contributed by atoms with Crippen LogP contribution in [-0.2, 0) is 65.4 Å². The second-order valence-corrected chi connectivity index (χ2v) is 32.1. The molecule has 0 amide bonds. The Morgan fingerprint density at radius 3 is 0.776 bits per heavy atom. The molecule has 0 aliphatic heterocycles. The lowest BCUT2D eigenvalue weighted by Crippen LogP contribution is -2.30. The van der Waals surface area contributed by atoms with Crippen LogP contribution in [0.5, 0.6) is 0 Å². The third-order valence-electron chi connectivity index (χ3n) is 18.8. The van der Waals surface area contributed by atoms with Gasteiger partial charge in [0.1, 0.15) is 19.3 Å². The number of hydrogen-bond donors (Lipinski definition) is 3. The Morgan fingerprint density at radius 1 is 0.296 bits per heavy atom. The second-order valence-electron chi connectivity index (χ2n) is 29.2. The molecule has 17 nitrogen and oxygen atoms in total. The van der Waals surface area contributed by atoms with Crippen LogP contribution in [0.25, 0.3) is 0 Å². The average molecular weight is 1440 g/mol. The quantitative estimate of drug-likeness (QED) is 0.0222. The van der Waals surface area contributed by atoms with E-state index in [-0.39, 0.29) is 25.7 Å². The molecule has 0 bridgehead atoms. The molecule has 0 heterocycles. The standard InChI is InChI=1S/C79H154O17P2/c1-7-10-12-14-16-18-20-32-39-45-51-57-63-78(83)95-74(67-89-76(81)61-55-49-43-37-19-17-15-13-11-8-2)69-93-97(85,86)91-65-73(80)66-92-98(87,88)94-70-75(68-90-77(82)62-56-50-44-38-34-29-30-35-41-47-53-59-71(4)5)96-79(84)64-58-52-46-40-33-28-26-24-22-21-23-25-27-31-36-42-48-54-60-72(6)9-3/h71-75,80H,7-70H2,1-6H3,(H,85,86)(H,87,88)/t72?,73-,74+,75+/m0/s1. The fourth-order valence-corrected chi connectivity index (χ4v) is 13.7. The number of ether oxygens (including phenoxy) is 4. The molecule has 0 rings (SSSR count). The number of carbonyl (C=O) groups is 4. The third kappa shape index (κ3) is 71.1. The minimum absolute atomic E-state index is 0.108. The summed E-state index contributed by atoms with van der Waals surface area (Å²) in [5.74, 6) is -0.469. The van der Waals surface area contributed by atoms with Crippen LogP contribution in [0.4, 0.5) is 0 Å². The highest BCUT2D eigenvalue weighted by molar-refractivity contribution is 7.47. The summed E-state index contributed by atoms with van der Waals surface area (Å²) in [5.41, 5.74) is 0. The van der Waals surface area contributed by atoms with Crippen LogP contribution in [0, 0.1) is 11.8 Å². The van der Waals surface area contributed by atoms with Gasteiger partial charge >= 0.3 is 39.5 Å². The van der Waals surface area contributed by atoms with Gasteiger partial charge < -0.3 is 33.8 Å². The van der Waals surface area contributed by atoms with E-state index in [4.69, 9.17) is 37.0 Å². The molecule has 0 saturated heterocycles. The van der Waals surface area contributed by atoms with Crippen LogP contribution < -0.4 is 0 Å². The Hall–Kier alpha value is -1.94. The molecular weight excluding hydrogens is 1280 g/mol. The van der Waals surface area contributed by atoms with E-state index < -0.39 is 97.5 Å². The molecular formula is C79H154O17P2. The maximum atomic E-state index is 13.1. The van der Waals surface area contributed by atoms with Crippen molar-refractivity contribution in [2.75, 3.05) is 39.6 Å². The first-order valence-electron chi connectivity index (χ1n) is 41.0. The molecule has 0 aliphatic carbocycles. The van der Waals surface area contributed by atoms with E-state index in [2.05, 4.69) is 41.5 Å². The highest BCUT2D eigenvalue weighted by atomic mass is 31.2. The molecule has 6 atom stereocenters. The third-order valence-corrected chi connectivity index (χ3v) is 20.7. The normalized spacial score (nSPS) is 14.2. The van der Waals surface area contributed by atoms with Crippen LogP contribution in [-0.4, -0.2) is 96.7 Å². The fourth-order valence-electron chi connectivity index (χ4n) is 12.2. The molecule has 0 radical (unpaired) electrons. The summed E-state index contributed by atoms with van der Waals surface area (Å²) >= 11 is 0. The van der Waals surface area contributed by atoms with E-state index in [9.17, 15) is 43.2 Å². The van der Waals surface area contributed by atoms with Crippen molar-refractivity contribution < 1.29 is 80.2 Å². The van der Waals surface area contributed by atoms with Gasteiger partial charge in [-0.05, 0) is 37.5 Å². The lowest BCUT2D eigenvalue weighted by Gasteiger charge is -2.21. The second kappa shape index (κ2) is 70.7. The molecule has 98 heavy (non-hydrogen) atoms. The van der Waals surface area contributed by atoms with Gasteiger partial charge in [-0.2, -0.15) is 0 Å². The molecule has 0 spiro atoms. The van der Waals surface area contributed by atoms with E-state index in [0.29, 0.717) is 25.7 Å². The first-order chi connectivity index (χ1) is 47.4. The summed E-state index contributed by atoms with van der Waals surface area (Å²) in [5, 5.41) is 10.6. The van der Waals surface area contributed by atoms with Crippen LogP contribution in [0.15, 0.2) is 0 Å². The summed E-state index contributed by atoms with van der Waals surface area (Å²) in [6.07, 6.45) is 59.6. The molecule has 3 N–H and O–H groups in total. The zero-order chi connectivity index (χ0) is 72.1. The Morgan fingerprint density at radius 2 is 0.520 bits per heavy atom. The number of esters is 4. The van der Waals surface area contributed by atoms with Gasteiger partial charge in [0, 0.05) is 25.7 Å². The lowest BCUT2D eigenvalue weighted by molar-refractivity contribution is -0.161. The number of aliphatic hydroxyl groups excluding tert-OH is 1. The van der Waals surface area contributed by atoms with E-state index in [1.165, 1.54) is 231 Å². The maximum Gasteiger partial charge on any atom is 0.472 e. The zero-order valence-electron chi connectivity index (χ0n) is 64.1. The van der Waals surface area contributed by atoms with Crippen molar-refractivity contribution in [3.63, 3.8) is 0 Å². The first-order valence-corrected chi connectivity index (χ1v) is 44.0. The van der Waals surface area contributed by atoms with Gasteiger partial charge in [0.25, 0.3) is 0 Å². The number of unbranched alkanes of at least 4 members (excludes halogenated alkanes) is 47. The molecule has 0 aromatic rings. The molecule has 0 aromatic heterocycles. The Balaban J connectivity index is 5.20. The smallest absolute Gasteiger partial charge is 0.462 e. The molecule has 582 valence electrons. The number of rotatable bonds is 78. The van der Waals surface area contributed by atoms with Crippen molar-refractivity contribution in [3.8, 4) is 0 Å². The molecule has 0 fully saturated rings. The van der Waals surface area contributed by atoms with Gasteiger partial charge in [-0.1, -0.05) is 363 Å². The minimum atomic E-state index is -4.96. The van der Waals surface area contributed by atoms with E-state index >= 15 is 0 Å². The van der Waals surface area contributed by atoms with Crippen LogP contribution in [0.3, 0.4) is 0 Å². The predicted molar refractivity (Wildman–Crippen MR) is 400 cm³/mol. The first kappa shape index (κ1) is 96.1. The van der Waals surface area contributed by atoms with Gasteiger partial charge in [-0.25, -0.2) is 9.13 Å². The highest BCUT2D eigenvalue weighted by Gasteiger charge is 2.30. The van der Waals surface area contributed by atoms with E-state index in [1.807, 2.05) is 0 Å². The maximum absolute atomic E-state index is 13.1. The molecule has 19 heteroatoms. The number of phosphoric acid groups is 2. The Labute approximate surface area is 600 Å². The zero-order valence-corrected chi connectivity index (χ0v) is 65.9. The Kier molecular flexibility index (Phi) is 69.3. The monoisotopic (exact) mass is 1440 g/mol. The lowest BCUT2D eigenvalue weighted by atomic mass is 9.99.